The van der Waals surface area contributed by atoms with Crippen LogP contribution in [0.4, 0.5) is 0 Å². The Hall–Kier alpha value is -1.27. The van der Waals surface area contributed by atoms with Gasteiger partial charge in [0.05, 0.1) is 0 Å². The molecule has 1 aromatic carbocycles. The van der Waals surface area contributed by atoms with E-state index in [0.29, 0.717) is 11.3 Å². The number of benzene rings is 1. The first-order valence-corrected chi connectivity index (χ1v) is 4.39. The molecular formula is C12H9NOPt. The molecule has 0 saturated carbocycles. The smallest absolute Gasteiger partial charge is 0.211 e. The molecule has 0 aliphatic carbocycles. The molecule has 78 valence electrons. The Morgan fingerprint density at radius 2 is 1.60 bits per heavy atom. The Morgan fingerprint density at radius 1 is 0.933 bits per heavy atom. The maximum atomic E-state index is 11.8. The van der Waals surface area contributed by atoms with Crippen molar-refractivity contribution in [3.05, 3.63) is 66.0 Å². The van der Waals surface area contributed by atoms with E-state index in [1.54, 1.807) is 30.5 Å². The fraction of sp³-hybridized carbons (Fsp3) is 0. The predicted molar refractivity (Wildman–Crippen MR) is 54.1 cm³/mol. The van der Waals surface area contributed by atoms with Gasteiger partial charge < -0.3 is 0 Å². The topological polar surface area (TPSA) is 30.0 Å². The van der Waals surface area contributed by atoms with Crippen molar-refractivity contribution in [2.75, 3.05) is 0 Å². The molecule has 0 N–H and O–H groups in total. The van der Waals surface area contributed by atoms with Crippen molar-refractivity contribution in [3.8, 4) is 0 Å². The SMILES string of the molecule is O=C(c1ccccc1)c1ccccn1.[Pt]. The zero-order valence-electron chi connectivity index (χ0n) is 7.87. The quantitative estimate of drug-likeness (QED) is 0.751. The molecule has 2 aromatic rings. The summed E-state index contributed by atoms with van der Waals surface area (Å²) in [4.78, 5) is 15.8. The van der Waals surface area contributed by atoms with Crippen LogP contribution in [-0.2, 0) is 21.1 Å². The van der Waals surface area contributed by atoms with Gasteiger partial charge in [-0.3, -0.25) is 9.78 Å². The molecule has 0 spiro atoms. The number of aromatic nitrogens is 1. The molecule has 0 aliphatic heterocycles. The van der Waals surface area contributed by atoms with Crippen molar-refractivity contribution in [2.45, 2.75) is 0 Å². The molecule has 0 bridgehead atoms. The summed E-state index contributed by atoms with van der Waals surface area (Å²) in [5.74, 6) is -0.0359. The Bertz CT molecular complexity index is 386. The summed E-state index contributed by atoms with van der Waals surface area (Å²) >= 11 is 0. The number of pyridine rings is 1. The average molecular weight is 378 g/mol. The van der Waals surface area contributed by atoms with Gasteiger partial charge in [0.15, 0.2) is 0 Å². The van der Waals surface area contributed by atoms with Gasteiger partial charge >= 0.3 is 0 Å². The number of carbonyl (C=O) groups excluding carboxylic acids is 1. The largest absolute Gasteiger partial charge is 0.287 e. The minimum atomic E-state index is -0.0359. The van der Waals surface area contributed by atoms with Crippen LogP contribution in [0, 0.1) is 0 Å². The van der Waals surface area contributed by atoms with Crippen LogP contribution in [0.2, 0.25) is 0 Å². The summed E-state index contributed by atoms with van der Waals surface area (Å²) < 4.78 is 0. The van der Waals surface area contributed by atoms with Gasteiger partial charge in [0, 0.05) is 32.8 Å². The molecule has 0 aliphatic rings. The van der Waals surface area contributed by atoms with E-state index < -0.39 is 0 Å². The van der Waals surface area contributed by atoms with E-state index in [1.165, 1.54) is 0 Å². The first-order valence-electron chi connectivity index (χ1n) is 4.39. The van der Waals surface area contributed by atoms with Crippen LogP contribution in [0.1, 0.15) is 16.1 Å². The molecule has 2 nitrogen and oxygen atoms in total. The number of hydrogen-bond acceptors (Lipinski definition) is 2. The Labute approximate surface area is 103 Å². The Kier molecular flexibility index (Phi) is 4.38. The molecule has 3 heteroatoms. The van der Waals surface area contributed by atoms with Crippen LogP contribution in [0.15, 0.2) is 54.7 Å². The van der Waals surface area contributed by atoms with Gasteiger partial charge in [-0.25, -0.2) is 0 Å². The van der Waals surface area contributed by atoms with E-state index in [0.717, 1.165) is 0 Å². The summed E-state index contributed by atoms with van der Waals surface area (Å²) in [6.07, 6.45) is 1.62. The van der Waals surface area contributed by atoms with Crippen molar-refractivity contribution >= 4 is 5.78 Å². The normalized spacial score (nSPS) is 9.07. The van der Waals surface area contributed by atoms with Crippen LogP contribution in [0.3, 0.4) is 0 Å². The van der Waals surface area contributed by atoms with Crippen LogP contribution < -0.4 is 0 Å². The summed E-state index contributed by atoms with van der Waals surface area (Å²) in [6.45, 7) is 0. The fourth-order valence-electron chi connectivity index (χ4n) is 1.23. The van der Waals surface area contributed by atoms with Crippen LogP contribution in [0.25, 0.3) is 0 Å². The van der Waals surface area contributed by atoms with Gasteiger partial charge in [0.1, 0.15) is 5.69 Å². The second-order valence-electron chi connectivity index (χ2n) is 2.91. The van der Waals surface area contributed by atoms with Gasteiger partial charge in [0.2, 0.25) is 5.78 Å². The maximum absolute atomic E-state index is 11.8. The molecule has 0 radical (unpaired) electrons. The van der Waals surface area contributed by atoms with Gasteiger partial charge in [-0.1, -0.05) is 36.4 Å². The first kappa shape index (κ1) is 11.8. The van der Waals surface area contributed by atoms with Crippen molar-refractivity contribution in [1.82, 2.24) is 4.98 Å². The van der Waals surface area contributed by atoms with E-state index in [4.69, 9.17) is 0 Å². The molecule has 2 rings (SSSR count). The minimum Gasteiger partial charge on any atom is -0.287 e. The van der Waals surface area contributed by atoms with Gasteiger partial charge in [0.25, 0.3) is 0 Å². The van der Waals surface area contributed by atoms with E-state index in [2.05, 4.69) is 4.98 Å². The zero-order chi connectivity index (χ0) is 9.80. The van der Waals surface area contributed by atoms with Crippen molar-refractivity contribution in [1.29, 1.82) is 0 Å². The molecule has 1 aromatic heterocycles. The van der Waals surface area contributed by atoms with Crippen molar-refractivity contribution in [3.63, 3.8) is 0 Å². The molecule has 0 fully saturated rings. The molecule has 1 heterocycles. The standard InChI is InChI=1S/C12H9NO.Pt/c14-12(10-6-2-1-3-7-10)11-8-4-5-9-13-11;/h1-9H;. The van der Waals surface area contributed by atoms with Crippen LogP contribution in [-0.4, -0.2) is 10.8 Å². The fourth-order valence-corrected chi connectivity index (χ4v) is 1.23. The Balaban J connectivity index is 0.00000112. The summed E-state index contributed by atoms with van der Waals surface area (Å²) in [5.41, 5.74) is 1.16. The van der Waals surface area contributed by atoms with Crippen molar-refractivity contribution < 1.29 is 25.9 Å². The number of rotatable bonds is 2. The number of hydrogen-bond donors (Lipinski definition) is 0. The summed E-state index contributed by atoms with van der Waals surface area (Å²) in [6, 6.07) is 14.5. The molecule has 0 amide bonds. The predicted octanol–water partition coefficient (Wildman–Crippen LogP) is 2.31. The van der Waals surface area contributed by atoms with E-state index in [1.807, 2.05) is 24.3 Å². The molecule has 0 unspecified atom stereocenters. The zero-order valence-corrected chi connectivity index (χ0v) is 10.1. The molecule has 0 saturated heterocycles. The van der Waals surface area contributed by atoms with E-state index >= 15 is 0 Å². The van der Waals surface area contributed by atoms with Crippen LogP contribution >= 0.6 is 0 Å². The number of ketones is 1. The van der Waals surface area contributed by atoms with Crippen molar-refractivity contribution in [2.24, 2.45) is 0 Å². The van der Waals surface area contributed by atoms with Gasteiger partial charge in [-0.2, -0.15) is 0 Å². The molecular weight excluding hydrogens is 369 g/mol. The summed E-state index contributed by atoms with van der Waals surface area (Å²) in [5, 5.41) is 0. The monoisotopic (exact) mass is 378 g/mol. The second kappa shape index (κ2) is 5.57. The Morgan fingerprint density at radius 3 is 2.20 bits per heavy atom. The van der Waals surface area contributed by atoms with E-state index in [9.17, 15) is 4.79 Å². The molecule has 0 atom stereocenters. The van der Waals surface area contributed by atoms with Crippen LogP contribution in [0.5, 0.6) is 0 Å². The number of nitrogens with zero attached hydrogens (tertiary/aromatic N) is 1. The third-order valence-electron chi connectivity index (χ3n) is 1.93. The maximum Gasteiger partial charge on any atom is 0.211 e. The van der Waals surface area contributed by atoms with Gasteiger partial charge in [-0.15, -0.1) is 0 Å². The number of carbonyl (C=O) groups is 1. The minimum absolute atomic E-state index is 0. The second-order valence-corrected chi connectivity index (χ2v) is 2.91. The average Bonchev–Trinajstić information content (AvgIpc) is 2.30. The summed E-state index contributed by atoms with van der Waals surface area (Å²) in [7, 11) is 0. The molecule has 15 heavy (non-hydrogen) atoms. The van der Waals surface area contributed by atoms with E-state index in [-0.39, 0.29) is 26.8 Å². The third kappa shape index (κ3) is 2.84. The first-order chi connectivity index (χ1) is 6.88. The van der Waals surface area contributed by atoms with Gasteiger partial charge in [-0.05, 0) is 12.1 Å². The third-order valence-corrected chi connectivity index (χ3v) is 1.93.